The maximum absolute atomic E-state index is 14.3. The van der Waals surface area contributed by atoms with Gasteiger partial charge in [0.25, 0.3) is 0 Å². The van der Waals surface area contributed by atoms with Crippen molar-refractivity contribution in [2.75, 3.05) is 36.4 Å². The lowest BCUT2D eigenvalue weighted by Gasteiger charge is -2.34. The third-order valence-electron chi connectivity index (χ3n) is 7.19. The van der Waals surface area contributed by atoms with Crippen LogP contribution in [-0.2, 0) is 32.6 Å². The van der Waals surface area contributed by atoms with E-state index in [1.807, 2.05) is 37.3 Å². The molecule has 230 valence electrons. The zero-order chi connectivity index (χ0) is 30.8. The number of carbonyl (C=O) groups is 2. The van der Waals surface area contributed by atoms with Crippen molar-refractivity contribution in [1.82, 2.24) is 10.2 Å². The van der Waals surface area contributed by atoms with E-state index in [2.05, 4.69) is 5.32 Å². The average Bonchev–Trinajstić information content (AvgIpc) is 3.02. The van der Waals surface area contributed by atoms with Crippen LogP contribution < -0.4 is 19.1 Å². The Morgan fingerprint density at radius 1 is 0.953 bits per heavy atom. The summed E-state index contributed by atoms with van der Waals surface area (Å²) in [6.07, 6.45) is 1.92. The normalized spacial score (nSPS) is 13.2. The minimum atomic E-state index is -3.91. The van der Waals surface area contributed by atoms with Crippen LogP contribution in [-0.4, -0.2) is 63.2 Å². The van der Waals surface area contributed by atoms with E-state index in [4.69, 9.17) is 21.1 Å². The molecule has 4 rings (SSSR count). The first kappa shape index (κ1) is 32.2. The highest BCUT2D eigenvalue weighted by atomic mass is 35.5. The van der Waals surface area contributed by atoms with Gasteiger partial charge in [-0.3, -0.25) is 13.9 Å². The molecule has 1 aliphatic rings. The number of anilines is 1. The van der Waals surface area contributed by atoms with Crippen LogP contribution >= 0.6 is 11.6 Å². The number of unbranched alkanes of at least 4 members (excludes halogenated alkanes) is 1. The van der Waals surface area contributed by atoms with Crippen LogP contribution in [0, 0.1) is 0 Å². The van der Waals surface area contributed by atoms with Crippen LogP contribution in [0.2, 0.25) is 5.02 Å². The standard InChI is InChI=1S/C32H38ClN3O6S/c1-3-5-17-34-32(38)28(20-24-11-7-6-8-12-24)35(22-25-13-9-10-14-27(25)33)31(37)23-36(43(39,40)4-2)26-15-16-29-30(21-26)42-19-18-41-29/h6-16,21,28H,3-5,17-20,22-23H2,1-2H3,(H,34,38)/t28-/m1/s1. The maximum Gasteiger partial charge on any atom is 0.244 e. The van der Waals surface area contributed by atoms with E-state index in [-0.39, 0.29) is 30.3 Å². The number of hydrogen-bond donors (Lipinski definition) is 1. The number of nitrogens with one attached hydrogen (secondary N) is 1. The molecule has 1 aliphatic heterocycles. The molecular weight excluding hydrogens is 590 g/mol. The molecule has 3 aromatic rings. The van der Waals surface area contributed by atoms with Gasteiger partial charge in [-0.25, -0.2) is 8.42 Å². The largest absolute Gasteiger partial charge is 0.486 e. The van der Waals surface area contributed by atoms with Gasteiger partial charge in [-0.15, -0.1) is 0 Å². The fraction of sp³-hybridized carbons (Fsp3) is 0.375. The SMILES string of the molecule is CCCCNC(=O)[C@@H](Cc1ccccc1)N(Cc1ccccc1Cl)C(=O)CN(c1ccc2c(c1)OCCO2)S(=O)(=O)CC. The van der Waals surface area contributed by atoms with Crippen LogP contribution in [0.25, 0.3) is 0 Å². The fourth-order valence-electron chi connectivity index (χ4n) is 4.78. The van der Waals surface area contributed by atoms with Gasteiger partial charge in [0, 0.05) is 30.6 Å². The predicted molar refractivity (Wildman–Crippen MR) is 168 cm³/mol. The second kappa shape index (κ2) is 15.1. The van der Waals surface area contributed by atoms with Crippen molar-refractivity contribution in [2.24, 2.45) is 0 Å². The van der Waals surface area contributed by atoms with Crippen molar-refractivity contribution < 1.29 is 27.5 Å². The first-order valence-corrected chi connectivity index (χ1v) is 16.5. The molecule has 2 amide bonds. The van der Waals surface area contributed by atoms with E-state index in [9.17, 15) is 18.0 Å². The van der Waals surface area contributed by atoms with E-state index >= 15 is 0 Å². The lowest BCUT2D eigenvalue weighted by atomic mass is 10.0. The summed E-state index contributed by atoms with van der Waals surface area (Å²) in [7, 11) is -3.91. The monoisotopic (exact) mass is 627 g/mol. The molecule has 1 heterocycles. The molecule has 9 nitrogen and oxygen atoms in total. The summed E-state index contributed by atoms with van der Waals surface area (Å²) in [5.74, 6) is -0.190. The molecule has 1 N–H and O–H groups in total. The predicted octanol–water partition coefficient (Wildman–Crippen LogP) is 4.82. The fourth-order valence-corrected chi connectivity index (χ4v) is 6.03. The van der Waals surface area contributed by atoms with E-state index in [1.165, 1.54) is 11.8 Å². The Kier molecular flexibility index (Phi) is 11.3. The molecule has 0 aliphatic carbocycles. The number of nitrogens with zero attached hydrogens (tertiary/aromatic N) is 2. The van der Waals surface area contributed by atoms with E-state index in [0.717, 1.165) is 22.7 Å². The summed E-state index contributed by atoms with van der Waals surface area (Å²) in [4.78, 5) is 29.4. The van der Waals surface area contributed by atoms with Gasteiger partial charge >= 0.3 is 0 Å². The number of carbonyl (C=O) groups excluding carboxylic acids is 2. The minimum absolute atomic E-state index is 0.0123. The Balaban J connectivity index is 1.74. The molecule has 0 bridgehead atoms. The van der Waals surface area contributed by atoms with Crippen molar-refractivity contribution in [3.8, 4) is 11.5 Å². The molecule has 0 radical (unpaired) electrons. The molecule has 1 atom stereocenters. The van der Waals surface area contributed by atoms with Gasteiger partial charge in [-0.05, 0) is 42.7 Å². The molecule has 0 aromatic heterocycles. The molecule has 0 saturated heterocycles. The van der Waals surface area contributed by atoms with Gasteiger partial charge in [0.15, 0.2) is 11.5 Å². The number of sulfonamides is 1. The summed E-state index contributed by atoms with van der Waals surface area (Å²) >= 11 is 6.51. The Bertz CT molecular complexity index is 1500. The van der Waals surface area contributed by atoms with E-state index in [0.29, 0.717) is 41.8 Å². The van der Waals surface area contributed by atoms with Crippen molar-refractivity contribution in [3.05, 3.63) is 88.9 Å². The Morgan fingerprint density at radius 3 is 2.35 bits per heavy atom. The van der Waals surface area contributed by atoms with Crippen molar-refractivity contribution in [2.45, 2.75) is 45.7 Å². The molecule has 0 saturated carbocycles. The van der Waals surface area contributed by atoms with Crippen LogP contribution in [0.3, 0.4) is 0 Å². The molecular formula is C32H38ClN3O6S. The highest BCUT2D eigenvalue weighted by Gasteiger charge is 2.34. The van der Waals surface area contributed by atoms with Gasteiger partial charge in [0.05, 0.1) is 11.4 Å². The summed E-state index contributed by atoms with van der Waals surface area (Å²) in [6.45, 7) is 4.22. The molecule has 43 heavy (non-hydrogen) atoms. The second-order valence-electron chi connectivity index (χ2n) is 10.2. The van der Waals surface area contributed by atoms with Crippen molar-refractivity contribution in [1.29, 1.82) is 0 Å². The molecule has 0 spiro atoms. The Hall–Kier alpha value is -3.76. The molecule has 0 unspecified atom stereocenters. The Labute approximate surface area is 258 Å². The van der Waals surface area contributed by atoms with Gasteiger partial charge in [-0.2, -0.15) is 0 Å². The number of hydrogen-bond acceptors (Lipinski definition) is 6. The molecule has 11 heteroatoms. The third-order valence-corrected chi connectivity index (χ3v) is 9.30. The first-order chi connectivity index (χ1) is 20.7. The van der Waals surface area contributed by atoms with Gasteiger partial charge in [-0.1, -0.05) is 73.5 Å². The second-order valence-corrected chi connectivity index (χ2v) is 12.8. The quantitative estimate of drug-likeness (QED) is 0.257. The summed E-state index contributed by atoms with van der Waals surface area (Å²) in [6, 6.07) is 20.4. The number of amides is 2. The zero-order valence-corrected chi connectivity index (χ0v) is 26.1. The topological polar surface area (TPSA) is 105 Å². The third kappa shape index (κ3) is 8.42. The highest BCUT2D eigenvalue weighted by Crippen LogP contribution is 2.35. The molecule has 3 aromatic carbocycles. The Morgan fingerprint density at radius 2 is 1.65 bits per heavy atom. The van der Waals surface area contributed by atoms with E-state index in [1.54, 1.807) is 42.5 Å². The minimum Gasteiger partial charge on any atom is -0.486 e. The van der Waals surface area contributed by atoms with E-state index < -0.39 is 28.5 Å². The summed E-state index contributed by atoms with van der Waals surface area (Å²) in [5, 5.41) is 3.41. The number of benzene rings is 3. The van der Waals surface area contributed by atoms with Gasteiger partial charge in [0.2, 0.25) is 21.8 Å². The summed E-state index contributed by atoms with van der Waals surface area (Å²) in [5.41, 5.74) is 1.77. The zero-order valence-electron chi connectivity index (χ0n) is 24.5. The molecule has 0 fully saturated rings. The summed E-state index contributed by atoms with van der Waals surface area (Å²) < 4.78 is 39.1. The van der Waals surface area contributed by atoms with Gasteiger partial charge < -0.3 is 19.7 Å². The average molecular weight is 628 g/mol. The number of halogens is 1. The lowest BCUT2D eigenvalue weighted by molar-refractivity contribution is -0.140. The maximum atomic E-state index is 14.3. The van der Waals surface area contributed by atoms with Crippen molar-refractivity contribution in [3.63, 3.8) is 0 Å². The van der Waals surface area contributed by atoms with Crippen LogP contribution in [0.5, 0.6) is 11.5 Å². The first-order valence-electron chi connectivity index (χ1n) is 14.5. The number of ether oxygens (including phenoxy) is 2. The van der Waals surface area contributed by atoms with Crippen LogP contribution in [0.1, 0.15) is 37.8 Å². The van der Waals surface area contributed by atoms with Crippen LogP contribution in [0.15, 0.2) is 72.8 Å². The van der Waals surface area contributed by atoms with Crippen molar-refractivity contribution >= 4 is 39.1 Å². The van der Waals surface area contributed by atoms with Gasteiger partial charge in [0.1, 0.15) is 25.8 Å². The van der Waals surface area contributed by atoms with Crippen LogP contribution in [0.4, 0.5) is 5.69 Å². The smallest absolute Gasteiger partial charge is 0.244 e. The highest BCUT2D eigenvalue weighted by molar-refractivity contribution is 7.92. The number of rotatable bonds is 14. The number of fused-ring (bicyclic) bond motifs is 1. The lowest BCUT2D eigenvalue weighted by Crippen LogP contribution is -2.53.